The van der Waals surface area contributed by atoms with Crippen LogP contribution < -0.4 is 4.13 Å². The summed E-state index contributed by atoms with van der Waals surface area (Å²) in [5, 5.41) is 0. The quantitative estimate of drug-likeness (QED) is 0.634. The standard InChI is InChI=1S/C10H16F3NO7S2/c11-10(12,13)22(15,16)14-23(17,18)21-8-3-1-7(2-4-8)19-5-9-6-20-9/h7-9,14H,1-6H2. The molecule has 0 amide bonds. The molecule has 1 aliphatic carbocycles. The number of epoxide rings is 1. The molecule has 23 heavy (non-hydrogen) atoms. The maximum absolute atomic E-state index is 12.2. The largest absolute Gasteiger partial charge is 0.512 e. The second kappa shape index (κ2) is 6.80. The Balaban J connectivity index is 1.80. The van der Waals surface area contributed by atoms with Gasteiger partial charge in [0.25, 0.3) is 0 Å². The zero-order valence-electron chi connectivity index (χ0n) is 11.8. The average molecular weight is 383 g/mol. The molecule has 0 aromatic heterocycles. The fourth-order valence-electron chi connectivity index (χ4n) is 2.08. The highest BCUT2D eigenvalue weighted by molar-refractivity contribution is 8.03. The molecular weight excluding hydrogens is 367 g/mol. The zero-order valence-corrected chi connectivity index (χ0v) is 13.4. The van der Waals surface area contributed by atoms with Crippen molar-refractivity contribution in [2.75, 3.05) is 13.2 Å². The van der Waals surface area contributed by atoms with E-state index in [0.717, 1.165) is 0 Å². The van der Waals surface area contributed by atoms with Crippen LogP contribution in [0.2, 0.25) is 0 Å². The molecule has 136 valence electrons. The first kappa shape index (κ1) is 18.9. The van der Waals surface area contributed by atoms with Crippen molar-refractivity contribution in [1.29, 1.82) is 0 Å². The number of rotatable bonds is 7. The Hall–Kier alpha value is -0.470. The van der Waals surface area contributed by atoms with Gasteiger partial charge < -0.3 is 9.47 Å². The van der Waals surface area contributed by atoms with Gasteiger partial charge in [0.05, 0.1) is 25.4 Å². The van der Waals surface area contributed by atoms with Gasteiger partial charge in [0.2, 0.25) is 0 Å². The number of hydrogen-bond donors (Lipinski definition) is 1. The van der Waals surface area contributed by atoms with Crippen molar-refractivity contribution >= 4 is 20.3 Å². The molecule has 0 aromatic carbocycles. The molecule has 2 rings (SSSR count). The van der Waals surface area contributed by atoms with E-state index in [1.807, 2.05) is 0 Å². The molecule has 1 saturated heterocycles. The predicted octanol–water partition coefficient (Wildman–Crippen LogP) is 0.414. The molecule has 13 heteroatoms. The average Bonchev–Trinajstić information content (AvgIpc) is 3.18. The van der Waals surface area contributed by atoms with Crippen molar-refractivity contribution in [3.63, 3.8) is 0 Å². The minimum atomic E-state index is -6.03. The number of ether oxygens (including phenoxy) is 2. The van der Waals surface area contributed by atoms with Gasteiger partial charge in [-0.15, -0.1) is 0 Å². The summed E-state index contributed by atoms with van der Waals surface area (Å²) in [7, 11) is -11.1. The molecule has 1 heterocycles. The summed E-state index contributed by atoms with van der Waals surface area (Å²) in [6, 6.07) is 0. The first-order valence-corrected chi connectivity index (χ1v) is 9.64. The molecule has 0 spiro atoms. The summed E-state index contributed by atoms with van der Waals surface area (Å²) in [4.78, 5) is 0. The van der Waals surface area contributed by atoms with E-state index in [9.17, 15) is 30.0 Å². The van der Waals surface area contributed by atoms with Gasteiger partial charge in [-0.1, -0.05) is 4.13 Å². The van der Waals surface area contributed by atoms with Gasteiger partial charge >= 0.3 is 25.8 Å². The predicted molar refractivity (Wildman–Crippen MR) is 69.9 cm³/mol. The molecule has 2 aliphatic rings. The van der Waals surface area contributed by atoms with Gasteiger partial charge in [0.15, 0.2) is 0 Å². The first-order chi connectivity index (χ1) is 10.5. The fraction of sp³-hybridized carbons (Fsp3) is 1.00. The maximum Gasteiger partial charge on any atom is 0.512 e. The van der Waals surface area contributed by atoms with Crippen LogP contribution in [0.25, 0.3) is 0 Å². The summed E-state index contributed by atoms with van der Waals surface area (Å²) in [6.45, 7) is 1.09. The second-order valence-electron chi connectivity index (χ2n) is 5.27. The Morgan fingerprint density at radius 2 is 1.57 bits per heavy atom. The van der Waals surface area contributed by atoms with Gasteiger partial charge in [-0.3, -0.25) is 4.18 Å². The van der Waals surface area contributed by atoms with Crippen molar-refractivity contribution in [2.24, 2.45) is 0 Å². The Bertz CT molecular complexity index is 607. The highest BCUT2D eigenvalue weighted by Crippen LogP contribution is 2.27. The van der Waals surface area contributed by atoms with Crippen molar-refractivity contribution in [1.82, 2.24) is 4.13 Å². The number of alkyl halides is 3. The van der Waals surface area contributed by atoms with Crippen molar-refractivity contribution in [2.45, 2.75) is 49.5 Å². The van der Waals surface area contributed by atoms with E-state index in [0.29, 0.717) is 30.2 Å². The molecule has 0 radical (unpaired) electrons. The van der Waals surface area contributed by atoms with Crippen LogP contribution in [0, 0.1) is 0 Å². The van der Waals surface area contributed by atoms with Crippen LogP contribution in [0.15, 0.2) is 0 Å². The molecule has 8 nitrogen and oxygen atoms in total. The lowest BCUT2D eigenvalue weighted by Crippen LogP contribution is -2.42. The molecule has 1 N–H and O–H groups in total. The van der Waals surface area contributed by atoms with Crippen LogP contribution in [0.3, 0.4) is 0 Å². The summed E-state index contributed by atoms with van der Waals surface area (Å²) >= 11 is 0. The Morgan fingerprint density at radius 1 is 1.04 bits per heavy atom. The van der Waals surface area contributed by atoms with Crippen molar-refractivity contribution in [3.05, 3.63) is 0 Å². The van der Waals surface area contributed by atoms with E-state index in [1.165, 1.54) is 0 Å². The first-order valence-electron chi connectivity index (χ1n) is 6.75. The number of halogens is 3. The van der Waals surface area contributed by atoms with Crippen molar-refractivity contribution in [3.8, 4) is 0 Å². The summed E-state index contributed by atoms with van der Waals surface area (Å²) in [5.74, 6) is 0. The van der Waals surface area contributed by atoms with Gasteiger partial charge in [-0.25, -0.2) is 8.42 Å². The SMILES string of the molecule is O=S(=O)(NS(=O)(=O)C(F)(F)F)OC1CCC(OCC2CO2)CC1. The van der Waals surface area contributed by atoms with Gasteiger partial charge in [-0.2, -0.15) is 21.6 Å². The van der Waals surface area contributed by atoms with Crippen LogP contribution in [0.1, 0.15) is 25.7 Å². The third kappa shape index (κ3) is 5.83. The maximum atomic E-state index is 12.2. The van der Waals surface area contributed by atoms with Crippen LogP contribution >= 0.6 is 0 Å². The van der Waals surface area contributed by atoms with Crippen LogP contribution in [-0.4, -0.2) is 53.9 Å². The van der Waals surface area contributed by atoms with Gasteiger partial charge in [0.1, 0.15) is 6.10 Å². The van der Waals surface area contributed by atoms with E-state index >= 15 is 0 Å². The lowest BCUT2D eigenvalue weighted by atomic mass is 9.95. The lowest BCUT2D eigenvalue weighted by molar-refractivity contribution is -0.0443. The number of hydrogen-bond acceptors (Lipinski definition) is 7. The molecule has 0 bridgehead atoms. The van der Waals surface area contributed by atoms with Crippen LogP contribution in [0.5, 0.6) is 0 Å². The number of sulfonamides is 1. The third-order valence-electron chi connectivity index (χ3n) is 3.32. The molecule has 1 atom stereocenters. The lowest BCUT2D eigenvalue weighted by Gasteiger charge is -2.27. The molecular formula is C10H16F3NO7S2. The highest BCUT2D eigenvalue weighted by atomic mass is 32.3. The molecule has 1 aliphatic heterocycles. The second-order valence-corrected chi connectivity index (χ2v) is 8.51. The topological polar surface area (TPSA) is 111 Å². The van der Waals surface area contributed by atoms with E-state index < -0.39 is 31.9 Å². The molecule has 2 fully saturated rings. The van der Waals surface area contributed by atoms with Crippen LogP contribution in [0.4, 0.5) is 13.2 Å². The van der Waals surface area contributed by atoms with Crippen LogP contribution in [-0.2, 0) is 34.0 Å². The Labute approximate surface area is 131 Å². The fourth-order valence-corrected chi connectivity index (χ4v) is 4.24. The highest BCUT2D eigenvalue weighted by Gasteiger charge is 2.49. The van der Waals surface area contributed by atoms with E-state index in [1.54, 1.807) is 0 Å². The normalized spacial score (nSPS) is 29.4. The van der Waals surface area contributed by atoms with Gasteiger partial charge in [0, 0.05) is 0 Å². The smallest absolute Gasteiger partial charge is 0.375 e. The van der Waals surface area contributed by atoms with E-state index in [4.69, 9.17) is 9.47 Å². The Morgan fingerprint density at radius 3 is 2.04 bits per heavy atom. The minimum absolute atomic E-state index is 0.0983. The molecule has 1 saturated carbocycles. The zero-order chi connectivity index (χ0) is 17.3. The third-order valence-corrected chi connectivity index (χ3v) is 6.15. The molecule has 0 aromatic rings. The monoisotopic (exact) mass is 383 g/mol. The summed E-state index contributed by atoms with van der Waals surface area (Å²) in [6.07, 6.45) is 0.465. The Kier molecular flexibility index (Phi) is 5.58. The summed E-state index contributed by atoms with van der Waals surface area (Å²) < 4.78 is 96.4. The minimum Gasteiger partial charge on any atom is -0.375 e. The van der Waals surface area contributed by atoms with E-state index in [2.05, 4.69) is 4.18 Å². The number of nitrogens with one attached hydrogen (secondary N) is 1. The van der Waals surface area contributed by atoms with Crippen molar-refractivity contribution < 1.29 is 43.7 Å². The van der Waals surface area contributed by atoms with Gasteiger partial charge in [-0.05, 0) is 25.7 Å². The molecule has 1 unspecified atom stereocenters. The van der Waals surface area contributed by atoms with E-state index in [-0.39, 0.29) is 25.0 Å². The summed E-state index contributed by atoms with van der Waals surface area (Å²) in [5.41, 5.74) is -5.74.